The molecule has 2 aliphatic carbocycles. The van der Waals surface area contributed by atoms with Gasteiger partial charge in [0, 0.05) is 68.7 Å². The number of carbonyl (C=O) groups is 4. The third kappa shape index (κ3) is 9.19. The van der Waals surface area contributed by atoms with Gasteiger partial charge < -0.3 is 24.4 Å². The van der Waals surface area contributed by atoms with Crippen LogP contribution in [0.1, 0.15) is 76.6 Å². The molecule has 3 aromatic rings. The lowest BCUT2D eigenvalue weighted by Crippen LogP contribution is -2.40. The third-order valence-corrected chi connectivity index (χ3v) is 8.48. The number of anilines is 3. The Balaban J connectivity index is 1.22. The predicted octanol–water partition coefficient (Wildman–Crippen LogP) is 5.43. The fourth-order valence-corrected chi connectivity index (χ4v) is 5.54. The topological polar surface area (TPSA) is 158 Å². The highest BCUT2D eigenvalue weighted by molar-refractivity contribution is 6.05. The average molecular weight is 674 g/mol. The van der Waals surface area contributed by atoms with Crippen molar-refractivity contribution in [3.63, 3.8) is 0 Å². The lowest BCUT2D eigenvalue weighted by atomic mass is 9.98. The van der Waals surface area contributed by atoms with E-state index in [0.717, 1.165) is 30.4 Å². The molecule has 14 heteroatoms. The number of hydrogen-bond acceptors (Lipinski definition) is 10. The van der Waals surface area contributed by atoms with E-state index in [1.165, 1.54) is 37.6 Å². The number of hydrogen-bond donors (Lipinski definition) is 1. The molecule has 0 bridgehead atoms. The van der Waals surface area contributed by atoms with Crippen LogP contribution in [0.15, 0.2) is 42.9 Å². The van der Waals surface area contributed by atoms with E-state index in [1.54, 1.807) is 42.7 Å². The van der Waals surface area contributed by atoms with E-state index in [2.05, 4.69) is 20.4 Å². The number of nitrogens with zero attached hydrogens (tertiary/aromatic N) is 6. The Hall–Kier alpha value is -4.85. The maximum atomic E-state index is 13.5. The lowest BCUT2D eigenvalue weighted by molar-refractivity contribution is -0.125. The molecule has 0 spiro atoms. The van der Waals surface area contributed by atoms with Crippen LogP contribution in [0.25, 0.3) is 0 Å². The van der Waals surface area contributed by atoms with E-state index < -0.39 is 17.6 Å². The van der Waals surface area contributed by atoms with Crippen LogP contribution in [-0.2, 0) is 19.1 Å². The van der Waals surface area contributed by atoms with E-state index in [-0.39, 0.29) is 40.7 Å². The first kappa shape index (κ1) is 34.0. The highest BCUT2D eigenvalue weighted by Crippen LogP contribution is 2.35. The number of ether oxygens (including phenoxy) is 3. The maximum absolute atomic E-state index is 13.5. The summed E-state index contributed by atoms with van der Waals surface area (Å²) in [4.78, 5) is 64.5. The first-order valence-electron chi connectivity index (χ1n) is 16.8. The fraction of sp³-hybridized carbons (Fsp3) is 0.514. The molecule has 3 heterocycles. The summed E-state index contributed by atoms with van der Waals surface area (Å²) in [6.07, 6.45) is 9.30. The quantitative estimate of drug-likeness (QED) is 0.278. The summed E-state index contributed by atoms with van der Waals surface area (Å²) >= 11 is 0. The minimum atomic E-state index is -0.713. The summed E-state index contributed by atoms with van der Waals surface area (Å²) in [6.45, 7) is 8.99. The van der Waals surface area contributed by atoms with Gasteiger partial charge in [-0.25, -0.2) is 14.8 Å². The van der Waals surface area contributed by atoms with Gasteiger partial charge in [0.2, 0.25) is 17.7 Å². The fourth-order valence-electron chi connectivity index (χ4n) is 5.54. The van der Waals surface area contributed by atoms with Crippen molar-refractivity contribution in [2.75, 3.05) is 41.4 Å². The van der Waals surface area contributed by atoms with Gasteiger partial charge in [-0.15, -0.1) is 5.10 Å². The van der Waals surface area contributed by atoms with Crippen LogP contribution >= 0.6 is 0 Å². The second kappa shape index (κ2) is 14.3. The highest BCUT2D eigenvalue weighted by Gasteiger charge is 2.33. The molecule has 14 nitrogen and oxygen atoms in total. The zero-order valence-corrected chi connectivity index (χ0v) is 28.4. The van der Waals surface area contributed by atoms with Crippen molar-refractivity contribution < 1.29 is 33.4 Å². The molecule has 260 valence electrons. The smallest absolute Gasteiger partial charge is 0.435 e. The van der Waals surface area contributed by atoms with Crippen LogP contribution in [-0.4, -0.2) is 75.5 Å². The molecule has 2 saturated carbocycles. The molecule has 3 amide bonds. The predicted molar refractivity (Wildman–Crippen MR) is 180 cm³/mol. The number of benzene rings is 1. The summed E-state index contributed by atoms with van der Waals surface area (Å²) in [5.41, 5.74) is -0.0259. The minimum Gasteiger partial charge on any atom is -0.442 e. The normalized spacial score (nSPS) is 16.5. The van der Waals surface area contributed by atoms with Crippen molar-refractivity contribution >= 4 is 41.1 Å². The van der Waals surface area contributed by atoms with Crippen molar-refractivity contribution in [3.8, 4) is 11.6 Å². The van der Waals surface area contributed by atoms with Crippen molar-refractivity contribution in [2.45, 2.75) is 71.8 Å². The van der Waals surface area contributed by atoms with Gasteiger partial charge in [0.15, 0.2) is 11.6 Å². The van der Waals surface area contributed by atoms with Gasteiger partial charge >= 0.3 is 6.09 Å². The summed E-state index contributed by atoms with van der Waals surface area (Å²) in [7, 11) is 0. The first-order valence-corrected chi connectivity index (χ1v) is 16.8. The molecule has 1 aliphatic heterocycles. The maximum Gasteiger partial charge on any atom is 0.435 e. The summed E-state index contributed by atoms with van der Waals surface area (Å²) in [5, 5.41) is 6.83. The van der Waals surface area contributed by atoms with Gasteiger partial charge in [0.05, 0.1) is 12.4 Å². The molecule has 2 aromatic heterocycles. The third-order valence-electron chi connectivity index (χ3n) is 8.48. The van der Waals surface area contributed by atoms with Crippen LogP contribution in [0.4, 0.5) is 22.1 Å². The van der Waals surface area contributed by atoms with Crippen molar-refractivity contribution in [2.24, 2.45) is 17.8 Å². The number of rotatable bonds is 11. The van der Waals surface area contributed by atoms with Gasteiger partial charge in [-0.3, -0.25) is 19.3 Å². The second-order valence-electron chi connectivity index (χ2n) is 14.0. The Kier molecular flexibility index (Phi) is 9.95. The van der Waals surface area contributed by atoms with Crippen LogP contribution in [0, 0.1) is 17.8 Å². The zero-order valence-electron chi connectivity index (χ0n) is 28.4. The summed E-state index contributed by atoms with van der Waals surface area (Å²) in [5.74, 6) is 1.11. The van der Waals surface area contributed by atoms with Gasteiger partial charge in [0.1, 0.15) is 11.4 Å². The molecule has 6 rings (SSSR count). The minimum absolute atomic E-state index is 0.0393. The van der Waals surface area contributed by atoms with Crippen LogP contribution in [0.5, 0.6) is 11.6 Å². The molecule has 49 heavy (non-hydrogen) atoms. The van der Waals surface area contributed by atoms with E-state index in [0.29, 0.717) is 62.5 Å². The van der Waals surface area contributed by atoms with Gasteiger partial charge in [-0.1, -0.05) is 0 Å². The van der Waals surface area contributed by atoms with E-state index in [9.17, 15) is 19.2 Å². The van der Waals surface area contributed by atoms with Gasteiger partial charge in [0.25, 0.3) is 5.91 Å². The Morgan fingerprint density at radius 2 is 1.63 bits per heavy atom. The average Bonchev–Trinajstić information content (AvgIpc) is 4.01. The molecule has 3 aliphatic rings. The first-order chi connectivity index (χ1) is 23.4. The molecule has 0 radical (unpaired) electrons. The molecule has 1 saturated heterocycles. The molecular weight excluding hydrogens is 630 g/mol. The van der Waals surface area contributed by atoms with E-state index in [1.807, 2.05) is 0 Å². The summed E-state index contributed by atoms with van der Waals surface area (Å²) < 4.78 is 17.9. The Morgan fingerprint density at radius 1 is 0.939 bits per heavy atom. The second-order valence-corrected chi connectivity index (χ2v) is 14.0. The SMILES string of the molecule is CC(=O)N(CC1CC1)c1cc(Oc2cnc(N(CC3CC3)C(=O)C3CCOCC3)cn2)cc(C(=O)Nc2ccn(C(=O)OC(C)(C)C)n2)c1. The number of nitrogens with one attached hydrogen (secondary N) is 1. The van der Waals surface area contributed by atoms with Crippen LogP contribution in [0.2, 0.25) is 0 Å². The van der Waals surface area contributed by atoms with E-state index >= 15 is 0 Å². The molecule has 1 aromatic carbocycles. The number of amides is 3. The van der Waals surface area contributed by atoms with Crippen molar-refractivity contribution in [1.82, 2.24) is 19.7 Å². The molecule has 0 atom stereocenters. The monoisotopic (exact) mass is 673 g/mol. The van der Waals surface area contributed by atoms with E-state index in [4.69, 9.17) is 14.2 Å². The standard InChI is InChI=1S/C35H43N7O7/c1-22(43)40(20-23-5-6-23)27-15-26(32(44)38-29-9-12-42(39-29)34(46)49-35(2,3)4)16-28(17-27)48-31-19-36-30(18-37-31)41(21-24-7-8-24)33(45)25-10-13-47-14-11-25/h9,12,15-19,23-25H,5-8,10-11,13-14,20-21H2,1-4H3,(H,38,39,44). The number of carbonyl (C=O) groups excluding carboxylic acids is 4. The zero-order chi connectivity index (χ0) is 34.7. The van der Waals surface area contributed by atoms with Gasteiger partial charge in [-0.05, 0) is 83.3 Å². The summed E-state index contributed by atoms with van der Waals surface area (Å²) in [6, 6.07) is 6.31. The van der Waals surface area contributed by atoms with Crippen molar-refractivity contribution in [3.05, 3.63) is 48.4 Å². The lowest BCUT2D eigenvalue weighted by Gasteiger charge is -2.28. The Labute approximate surface area is 285 Å². The number of aromatic nitrogens is 4. The molecular formula is C35H43N7O7. The molecule has 1 N–H and O–H groups in total. The van der Waals surface area contributed by atoms with Crippen molar-refractivity contribution in [1.29, 1.82) is 0 Å². The Morgan fingerprint density at radius 3 is 2.24 bits per heavy atom. The highest BCUT2D eigenvalue weighted by atomic mass is 16.6. The van der Waals surface area contributed by atoms with Crippen LogP contribution < -0.4 is 19.9 Å². The van der Waals surface area contributed by atoms with Crippen LogP contribution in [0.3, 0.4) is 0 Å². The molecule has 0 unspecified atom stereocenters. The Bertz CT molecular complexity index is 1690. The largest absolute Gasteiger partial charge is 0.442 e. The molecule has 3 fully saturated rings. The van der Waals surface area contributed by atoms with Gasteiger partial charge in [-0.2, -0.15) is 4.68 Å².